The Morgan fingerprint density at radius 2 is 1.88 bits per heavy atom. The zero-order valence-corrected chi connectivity index (χ0v) is 24.9. The van der Waals surface area contributed by atoms with Crippen molar-refractivity contribution in [3.63, 3.8) is 0 Å². The number of nitrogens with one attached hydrogen (secondary N) is 2. The molecular weight excluding hydrogens is 542 g/mol. The highest BCUT2D eigenvalue weighted by molar-refractivity contribution is 5.95. The number of piperidine rings is 2. The molecule has 1 unspecified atom stereocenters. The zero-order valence-electron chi connectivity index (χ0n) is 24.9. The van der Waals surface area contributed by atoms with E-state index in [0.717, 1.165) is 72.4 Å². The number of methoxy groups -OCH3 is 1. The number of rotatable bonds is 3. The number of nitrogens with zero attached hydrogens (tertiary/aromatic N) is 3. The van der Waals surface area contributed by atoms with Gasteiger partial charge in [0.2, 0.25) is 0 Å². The summed E-state index contributed by atoms with van der Waals surface area (Å²) in [5.41, 5.74) is 8.42. The normalized spacial score (nSPS) is 27.6. The predicted molar refractivity (Wildman–Crippen MR) is 162 cm³/mol. The van der Waals surface area contributed by atoms with E-state index in [1.165, 1.54) is 16.7 Å². The summed E-state index contributed by atoms with van der Waals surface area (Å²) in [5.74, 6) is 2.18. The van der Waals surface area contributed by atoms with Gasteiger partial charge < -0.3 is 29.2 Å². The topological polar surface area (TPSA) is 95.6 Å². The first kappa shape index (κ1) is 25.5. The molecule has 5 aliphatic rings. The lowest BCUT2D eigenvalue weighted by Gasteiger charge is -2.57. The summed E-state index contributed by atoms with van der Waals surface area (Å²) in [6.45, 7) is 4.37. The lowest BCUT2D eigenvalue weighted by atomic mass is 9.51. The van der Waals surface area contributed by atoms with E-state index in [4.69, 9.17) is 9.47 Å². The molecule has 2 bridgehead atoms. The first-order valence-electron chi connectivity index (χ1n) is 15.7. The predicted octanol–water partition coefficient (Wildman–Crippen LogP) is 4.26. The quantitative estimate of drug-likeness (QED) is 0.378. The monoisotopic (exact) mass is 579 g/mol. The van der Waals surface area contributed by atoms with Gasteiger partial charge in [-0.1, -0.05) is 18.2 Å². The molecule has 0 saturated carbocycles. The van der Waals surface area contributed by atoms with Gasteiger partial charge in [-0.15, -0.1) is 0 Å². The molecule has 222 valence electrons. The minimum Gasteiger partial charge on any atom is -0.493 e. The van der Waals surface area contributed by atoms with Crippen LogP contribution < -0.4 is 15.2 Å². The van der Waals surface area contributed by atoms with Crippen molar-refractivity contribution in [1.29, 1.82) is 0 Å². The molecule has 0 radical (unpaired) electrons. The number of para-hydroxylation sites is 2. The van der Waals surface area contributed by atoms with Crippen LogP contribution in [0.1, 0.15) is 69.8 Å². The first-order valence-corrected chi connectivity index (χ1v) is 15.7. The SMILES string of the molecule is COc1ccc2c3c1O[C@H]1c4[nH]c(C(=O)N5CCC(n6c(=O)[nH]c7ccccc76)CC5)c(C)c4C[C@H]4[C@H](C2)N(C)CCC314. The van der Waals surface area contributed by atoms with E-state index in [1.54, 1.807) is 7.11 Å². The van der Waals surface area contributed by atoms with Crippen molar-refractivity contribution < 1.29 is 14.3 Å². The third-order valence-electron chi connectivity index (χ3n) is 11.6. The van der Waals surface area contributed by atoms with Crippen molar-refractivity contribution in [2.45, 2.75) is 62.6 Å². The van der Waals surface area contributed by atoms with E-state index in [-0.39, 0.29) is 29.2 Å². The second-order valence-electron chi connectivity index (χ2n) is 13.3. The number of imidazole rings is 1. The second kappa shape index (κ2) is 8.78. The number of carbonyl (C=O) groups excluding carboxylic acids is 1. The van der Waals surface area contributed by atoms with Gasteiger partial charge in [-0.25, -0.2) is 4.79 Å². The van der Waals surface area contributed by atoms with E-state index in [0.29, 0.717) is 30.7 Å². The van der Waals surface area contributed by atoms with Gasteiger partial charge >= 0.3 is 5.69 Å². The number of likely N-dealkylation sites (tertiary alicyclic amines) is 2. The maximum Gasteiger partial charge on any atom is 0.326 e. The molecule has 2 saturated heterocycles. The fourth-order valence-electron chi connectivity index (χ4n) is 9.57. The van der Waals surface area contributed by atoms with Gasteiger partial charge in [-0.2, -0.15) is 0 Å². The van der Waals surface area contributed by atoms with E-state index in [2.05, 4.69) is 41.0 Å². The first-order chi connectivity index (χ1) is 20.9. The van der Waals surface area contributed by atoms with Crippen LogP contribution in [0.3, 0.4) is 0 Å². The summed E-state index contributed by atoms with van der Waals surface area (Å²) in [6, 6.07) is 12.6. The Morgan fingerprint density at radius 1 is 1.07 bits per heavy atom. The Kier molecular flexibility index (Phi) is 5.21. The van der Waals surface area contributed by atoms with Crippen molar-refractivity contribution in [3.05, 3.63) is 80.5 Å². The van der Waals surface area contributed by atoms with Crippen molar-refractivity contribution in [2.75, 3.05) is 33.8 Å². The zero-order chi connectivity index (χ0) is 29.2. The van der Waals surface area contributed by atoms with Gasteiger partial charge in [0, 0.05) is 36.2 Å². The molecule has 2 N–H and O–H groups in total. The van der Waals surface area contributed by atoms with Gasteiger partial charge in [-0.05, 0) is 93.4 Å². The Morgan fingerprint density at radius 3 is 2.70 bits per heavy atom. The van der Waals surface area contributed by atoms with Crippen LogP contribution in [0.4, 0.5) is 0 Å². The van der Waals surface area contributed by atoms with Gasteiger partial charge in [0.05, 0.1) is 23.8 Å². The van der Waals surface area contributed by atoms with Crippen molar-refractivity contribution in [2.24, 2.45) is 5.92 Å². The third-order valence-corrected chi connectivity index (χ3v) is 11.6. The molecule has 2 aliphatic carbocycles. The fourth-order valence-corrected chi connectivity index (χ4v) is 9.57. The molecule has 4 aromatic rings. The molecule has 2 fully saturated rings. The largest absolute Gasteiger partial charge is 0.493 e. The van der Waals surface area contributed by atoms with Crippen molar-refractivity contribution in [3.8, 4) is 11.5 Å². The molecule has 1 spiro atoms. The number of hydrogen-bond donors (Lipinski definition) is 2. The number of aromatic amines is 2. The number of benzene rings is 2. The van der Waals surface area contributed by atoms with Gasteiger partial charge in [-0.3, -0.25) is 9.36 Å². The number of H-pyrrole nitrogens is 2. The van der Waals surface area contributed by atoms with Crippen LogP contribution >= 0.6 is 0 Å². The molecule has 1 amide bonds. The Balaban J connectivity index is 1.05. The highest BCUT2D eigenvalue weighted by atomic mass is 16.5. The van der Waals surface area contributed by atoms with E-state index in [9.17, 15) is 9.59 Å². The summed E-state index contributed by atoms with van der Waals surface area (Å²) < 4.78 is 14.6. The van der Waals surface area contributed by atoms with Crippen molar-refractivity contribution >= 4 is 16.9 Å². The molecule has 3 aliphatic heterocycles. The molecule has 43 heavy (non-hydrogen) atoms. The molecule has 5 heterocycles. The van der Waals surface area contributed by atoms with Crippen molar-refractivity contribution in [1.82, 2.24) is 24.3 Å². The average molecular weight is 580 g/mol. The van der Waals surface area contributed by atoms with Crippen LogP contribution in [-0.4, -0.2) is 70.1 Å². The summed E-state index contributed by atoms with van der Waals surface area (Å²) >= 11 is 0. The van der Waals surface area contributed by atoms with Crippen LogP contribution in [0, 0.1) is 12.8 Å². The van der Waals surface area contributed by atoms with Gasteiger partial charge in [0.15, 0.2) is 11.5 Å². The van der Waals surface area contributed by atoms with Crippen LogP contribution in [0.15, 0.2) is 41.2 Å². The highest BCUT2D eigenvalue weighted by Gasteiger charge is 2.65. The van der Waals surface area contributed by atoms with Crippen LogP contribution in [0.25, 0.3) is 11.0 Å². The van der Waals surface area contributed by atoms with E-state index >= 15 is 0 Å². The number of ether oxygens (including phenoxy) is 2. The van der Waals surface area contributed by atoms with Crippen LogP contribution in [0.2, 0.25) is 0 Å². The molecule has 9 heteroatoms. The maximum atomic E-state index is 14.1. The molecule has 2 aromatic heterocycles. The minimum atomic E-state index is -0.150. The van der Waals surface area contributed by atoms with E-state index < -0.39 is 0 Å². The third kappa shape index (κ3) is 3.21. The lowest BCUT2D eigenvalue weighted by molar-refractivity contribution is -0.0256. The Hall–Kier alpha value is -3.98. The maximum absolute atomic E-state index is 14.1. The number of amides is 1. The second-order valence-corrected chi connectivity index (χ2v) is 13.3. The standard InChI is InChI=1S/C34H37N5O4/c1-18-21-17-22-25-16-19-8-9-26(42-3)30-27(19)34(22,12-15-37(25)2)31(43-30)29(21)36-28(18)32(40)38-13-10-20(11-14-38)39-24-7-5-4-6-23(24)35-33(39)41/h4-9,20,22,25,31,36H,10-17H2,1-3H3,(H,35,41)/t22-,25-,31-,34?/m0/s1. The lowest BCUT2D eigenvalue weighted by Crippen LogP contribution is -2.62. The molecule has 4 atom stereocenters. The average Bonchev–Trinajstić information content (AvgIpc) is 3.66. The number of likely N-dealkylation sites (N-methyl/N-ethyl adjacent to an activating group) is 1. The van der Waals surface area contributed by atoms with E-state index in [1.807, 2.05) is 33.7 Å². The fraction of sp³-hybridized carbons (Fsp3) is 0.471. The number of fused-ring (bicyclic) bond motifs is 3. The molecular formula is C34H37N5O4. The molecule has 9 rings (SSSR count). The smallest absolute Gasteiger partial charge is 0.326 e. The molecule has 9 nitrogen and oxygen atoms in total. The number of carbonyl (C=O) groups is 1. The van der Waals surface area contributed by atoms with Gasteiger partial charge in [0.25, 0.3) is 5.91 Å². The number of hydrogen-bond acceptors (Lipinski definition) is 5. The molecule has 2 aromatic carbocycles. The Bertz CT molecular complexity index is 1880. The summed E-state index contributed by atoms with van der Waals surface area (Å²) in [6.07, 6.45) is 4.34. The number of aromatic nitrogens is 3. The Labute approximate surface area is 249 Å². The summed E-state index contributed by atoms with van der Waals surface area (Å²) in [7, 11) is 3.98. The van der Waals surface area contributed by atoms with Gasteiger partial charge in [0.1, 0.15) is 11.8 Å². The highest BCUT2D eigenvalue weighted by Crippen LogP contribution is 2.67. The summed E-state index contributed by atoms with van der Waals surface area (Å²) in [5, 5.41) is 0. The van der Waals surface area contributed by atoms with Crippen LogP contribution in [-0.2, 0) is 18.3 Å². The van der Waals surface area contributed by atoms with Crippen LogP contribution in [0.5, 0.6) is 11.5 Å². The minimum absolute atomic E-state index is 0.0472. The summed E-state index contributed by atoms with van der Waals surface area (Å²) in [4.78, 5) is 38.1.